The van der Waals surface area contributed by atoms with Gasteiger partial charge in [0.2, 0.25) is 0 Å². The first-order valence-corrected chi connectivity index (χ1v) is 2.82. The third kappa shape index (κ3) is 1.33. The summed E-state index contributed by atoms with van der Waals surface area (Å²) < 4.78 is 0. The minimum absolute atomic E-state index is 0.575. The topological polar surface area (TPSA) is 49.3 Å². The van der Waals surface area contributed by atoms with E-state index in [9.17, 15) is 4.79 Å². The normalized spacial score (nSPS) is 8.90. The lowest BCUT2D eigenvalue weighted by molar-refractivity contribution is 0.112. The molecule has 0 spiro atoms. The molecule has 0 saturated carbocycles. The highest BCUT2D eigenvalue weighted by molar-refractivity contribution is 5.75. The fourth-order valence-corrected chi connectivity index (χ4v) is 0.636. The molecule has 1 rings (SSSR count). The third-order valence-electron chi connectivity index (χ3n) is 1.18. The van der Waals surface area contributed by atoms with Crippen LogP contribution in [0.15, 0.2) is 24.3 Å². The minimum Gasteiger partial charge on any atom is -0.298 e. The lowest BCUT2D eigenvalue weighted by atomic mass is 10.2. The number of anilines is 1. The summed E-state index contributed by atoms with van der Waals surface area (Å²) in [5.74, 6) is 0. The van der Waals surface area contributed by atoms with E-state index < -0.39 is 0 Å². The second kappa shape index (κ2) is 2.98. The molecule has 10 heavy (non-hydrogen) atoms. The molecule has 0 aliphatic heterocycles. The van der Waals surface area contributed by atoms with Gasteiger partial charge in [0.15, 0.2) is 0 Å². The van der Waals surface area contributed by atoms with Crippen LogP contribution < -0.4 is 5.48 Å². The van der Waals surface area contributed by atoms with Gasteiger partial charge < -0.3 is 0 Å². The van der Waals surface area contributed by atoms with Crippen molar-refractivity contribution in [1.29, 1.82) is 0 Å². The van der Waals surface area contributed by atoms with E-state index >= 15 is 0 Å². The number of benzene rings is 1. The fourth-order valence-electron chi connectivity index (χ4n) is 0.636. The summed E-state index contributed by atoms with van der Waals surface area (Å²) in [5, 5.41) is 8.36. The van der Waals surface area contributed by atoms with Gasteiger partial charge in [-0.15, -0.1) is 0 Å². The van der Waals surface area contributed by atoms with Crippen LogP contribution in [0.1, 0.15) is 10.4 Å². The van der Waals surface area contributed by atoms with Crippen molar-refractivity contribution in [2.45, 2.75) is 0 Å². The van der Waals surface area contributed by atoms with Crippen LogP contribution in [0.25, 0.3) is 0 Å². The highest BCUT2D eigenvalue weighted by Gasteiger charge is 1.88. The monoisotopic (exact) mass is 137 g/mol. The van der Waals surface area contributed by atoms with Gasteiger partial charge in [-0.2, -0.15) is 0 Å². The molecule has 3 nitrogen and oxygen atoms in total. The molecule has 1 aromatic carbocycles. The Morgan fingerprint density at radius 3 is 2.30 bits per heavy atom. The summed E-state index contributed by atoms with van der Waals surface area (Å²) in [6.07, 6.45) is 0.751. The van der Waals surface area contributed by atoms with Gasteiger partial charge in [-0.25, -0.2) is 0 Å². The third-order valence-corrected chi connectivity index (χ3v) is 1.18. The average molecular weight is 137 g/mol. The molecule has 3 heteroatoms. The first-order valence-electron chi connectivity index (χ1n) is 2.82. The number of carbonyl (C=O) groups is 1. The van der Waals surface area contributed by atoms with Crippen LogP contribution in [0, 0.1) is 0 Å². The molecule has 0 aliphatic rings. The first kappa shape index (κ1) is 6.77. The van der Waals surface area contributed by atoms with Crippen molar-refractivity contribution >= 4 is 12.0 Å². The number of hydrogen-bond acceptors (Lipinski definition) is 3. The van der Waals surface area contributed by atoms with Gasteiger partial charge >= 0.3 is 0 Å². The predicted molar refractivity (Wildman–Crippen MR) is 37.2 cm³/mol. The molecule has 0 saturated heterocycles. The van der Waals surface area contributed by atoms with Gasteiger partial charge in [0.25, 0.3) is 0 Å². The molecular formula is C7H7NO2. The van der Waals surface area contributed by atoms with Crippen molar-refractivity contribution in [1.82, 2.24) is 0 Å². The second-order valence-corrected chi connectivity index (χ2v) is 1.85. The maximum atomic E-state index is 10.1. The lowest BCUT2D eigenvalue weighted by Crippen LogP contribution is -1.88. The van der Waals surface area contributed by atoms with Crippen LogP contribution in [0.4, 0.5) is 5.69 Å². The largest absolute Gasteiger partial charge is 0.298 e. The number of aldehydes is 1. The zero-order valence-electron chi connectivity index (χ0n) is 5.24. The van der Waals surface area contributed by atoms with Crippen LogP contribution in [-0.4, -0.2) is 11.5 Å². The van der Waals surface area contributed by atoms with E-state index in [1.165, 1.54) is 0 Å². The molecule has 1 aromatic rings. The molecule has 0 heterocycles. The number of nitrogens with one attached hydrogen (secondary N) is 1. The SMILES string of the molecule is O=Cc1ccc(NO)cc1. The van der Waals surface area contributed by atoms with Gasteiger partial charge in [-0.1, -0.05) is 0 Å². The molecule has 2 N–H and O–H groups in total. The van der Waals surface area contributed by atoms with E-state index in [1.807, 2.05) is 5.48 Å². The highest BCUT2D eigenvalue weighted by Crippen LogP contribution is 2.05. The van der Waals surface area contributed by atoms with Crippen molar-refractivity contribution in [3.05, 3.63) is 29.8 Å². The maximum absolute atomic E-state index is 10.1. The Morgan fingerprint density at radius 2 is 1.90 bits per heavy atom. The first-order chi connectivity index (χ1) is 4.86. The highest BCUT2D eigenvalue weighted by atomic mass is 16.5. The Bertz CT molecular complexity index is 218. The van der Waals surface area contributed by atoms with Crippen LogP contribution in [0.5, 0.6) is 0 Å². The summed E-state index contributed by atoms with van der Waals surface area (Å²) in [6.45, 7) is 0. The van der Waals surface area contributed by atoms with E-state index in [0.29, 0.717) is 11.3 Å². The summed E-state index contributed by atoms with van der Waals surface area (Å²) in [5.41, 5.74) is 3.13. The molecule has 0 fully saturated rings. The van der Waals surface area contributed by atoms with E-state index in [-0.39, 0.29) is 0 Å². The molecule has 0 atom stereocenters. The summed E-state index contributed by atoms with van der Waals surface area (Å²) in [4.78, 5) is 10.1. The summed E-state index contributed by atoms with van der Waals surface area (Å²) >= 11 is 0. The average Bonchev–Trinajstić information content (AvgIpc) is 2.05. The molecule has 52 valence electrons. The van der Waals surface area contributed by atoms with Crippen molar-refractivity contribution in [2.75, 3.05) is 5.48 Å². The fraction of sp³-hybridized carbons (Fsp3) is 0. The van der Waals surface area contributed by atoms with Crippen LogP contribution in [0.2, 0.25) is 0 Å². The Hall–Kier alpha value is -1.35. The van der Waals surface area contributed by atoms with E-state index in [2.05, 4.69) is 0 Å². The maximum Gasteiger partial charge on any atom is 0.150 e. The molecule has 0 aromatic heterocycles. The Labute approximate surface area is 58.3 Å². The van der Waals surface area contributed by atoms with Crippen molar-refractivity contribution in [3.63, 3.8) is 0 Å². The Morgan fingerprint density at radius 1 is 1.30 bits per heavy atom. The van der Waals surface area contributed by atoms with Crippen molar-refractivity contribution in [2.24, 2.45) is 0 Å². The van der Waals surface area contributed by atoms with E-state index in [4.69, 9.17) is 5.21 Å². The number of carbonyl (C=O) groups excluding carboxylic acids is 1. The molecular weight excluding hydrogens is 130 g/mol. The van der Waals surface area contributed by atoms with E-state index in [0.717, 1.165) is 6.29 Å². The molecule has 0 aliphatic carbocycles. The zero-order valence-corrected chi connectivity index (χ0v) is 5.24. The Balaban J connectivity index is 2.90. The summed E-state index contributed by atoms with van der Waals surface area (Å²) in [6, 6.07) is 6.46. The quantitative estimate of drug-likeness (QED) is 0.477. The van der Waals surface area contributed by atoms with Gasteiger partial charge in [0, 0.05) is 5.56 Å². The van der Waals surface area contributed by atoms with Gasteiger partial charge in [0.05, 0.1) is 5.69 Å². The lowest BCUT2D eigenvalue weighted by Gasteiger charge is -1.95. The smallest absolute Gasteiger partial charge is 0.150 e. The van der Waals surface area contributed by atoms with Crippen LogP contribution in [0.3, 0.4) is 0 Å². The van der Waals surface area contributed by atoms with Gasteiger partial charge in [-0.3, -0.25) is 15.5 Å². The van der Waals surface area contributed by atoms with Gasteiger partial charge in [0.1, 0.15) is 6.29 Å². The van der Waals surface area contributed by atoms with Crippen molar-refractivity contribution < 1.29 is 10.0 Å². The van der Waals surface area contributed by atoms with Crippen molar-refractivity contribution in [3.8, 4) is 0 Å². The van der Waals surface area contributed by atoms with Gasteiger partial charge in [-0.05, 0) is 24.3 Å². The molecule has 0 amide bonds. The van der Waals surface area contributed by atoms with E-state index in [1.54, 1.807) is 24.3 Å². The standard InChI is InChI=1S/C7H7NO2/c9-5-6-1-3-7(8-10)4-2-6/h1-5,8,10H. The number of rotatable bonds is 2. The Kier molecular flexibility index (Phi) is 2.02. The summed E-state index contributed by atoms with van der Waals surface area (Å²) in [7, 11) is 0. The van der Waals surface area contributed by atoms with Crippen LogP contribution in [-0.2, 0) is 0 Å². The zero-order chi connectivity index (χ0) is 7.40. The minimum atomic E-state index is 0.575. The molecule has 0 bridgehead atoms. The number of hydrogen-bond donors (Lipinski definition) is 2. The molecule has 0 radical (unpaired) electrons. The second-order valence-electron chi connectivity index (χ2n) is 1.85. The van der Waals surface area contributed by atoms with Crippen LogP contribution >= 0.6 is 0 Å². The molecule has 0 unspecified atom stereocenters. The predicted octanol–water partition coefficient (Wildman–Crippen LogP) is 1.30.